The smallest absolute Gasteiger partial charge is 0.259 e. The Morgan fingerprint density at radius 2 is 1.64 bits per heavy atom. The Bertz CT molecular complexity index is 914. The van der Waals surface area contributed by atoms with Crippen LogP contribution in [0.3, 0.4) is 0 Å². The van der Waals surface area contributed by atoms with Crippen LogP contribution in [0.5, 0.6) is 0 Å². The van der Waals surface area contributed by atoms with E-state index in [1.807, 2.05) is 37.3 Å². The second-order valence-corrected chi connectivity index (χ2v) is 5.69. The zero-order valence-electron chi connectivity index (χ0n) is 14.0. The summed E-state index contributed by atoms with van der Waals surface area (Å²) in [5.74, 6) is 0.0456. The number of rotatable bonds is 4. The summed E-state index contributed by atoms with van der Waals surface area (Å²) in [4.78, 5) is 24.8. The van der Waals surface area contributed by atoms with E-state index in [-0.39, 0.29) is 11.8 Å². The lowest BCUT2D eigenvalue weighted by Gasteiger charge is -2.11. The van der Waals surface area contributed by atoms with Gasteiger partial charge < -0.3 is 15.1 Å². The summed E-state index contributed by atoms with van der Waals surface area (Å²) in [6.45, 7) is 3.60. The van der Waals surface area contributed by atoms with E-state index in [0.29, 0.717) is 28.3 Å². The Hall–Kier alpha value is -3.34. The van der Waals surface area contributed by atoms with Crippen molar-refractivity contribution in [3.05, 3.63) is 83.3 Å². The van der Waals surface area contributed by atoms with Gasteiger partial charge in [-0.25, -0.2) is 0 Å². The van der Waals surface area contributed by atoms with E-state index in [1.165, 1.54) is 6.26 Å². The van der Waals surface area contributed by atoms with Crippen LogP contribution in [0.4, 0.5) is 11.4 Å². The van der Waals surface area contributed by atoms with E-state index in [0.717, 1.165) is 5.56 Å². The third-order valence-electron chi connectivity index (χ3n) is 3.88. The number of benzene rings is 2. The van der Waals surface area contributed by atoms with Gasteiger partial charge in [0.25, 0.3) is 11.8 Å². The zero-order valence-corrected chi connectivity index (χ0v) is 14.0. The van der Waals surface area contributed by atoms with Crippen molar-refractivity contribution in [2.45, 2.75) is 13.8 Å². The van der Waals surface area contributed by atoms with Crippen LogP contribution in [0.2, 0.25) is 0 Å². The number of hydrogen-bond acceptors (Lipinski definition) is 3. The summed E-state index contributed by atoms with van der Waals surface area (Å²) in [5, 5.41) is 5.66. The molecule has 1 aromatic heterocycles. The molecule has 0 aliphatic rings. The Kier molecular flexibility index (Phi) is 4.66. The summed E-state index contributed by atoms with van der Waals surface area (Å²) >= 11 is 0. The number of nitrogens with one attached hydrogen (secondary N) is 2. The van der Waals surface area contributed by atoms with E-state index >= 15 is 0 Å². The largest absolute Gasteiger partial charge is 0.469 e. The van der Waals surface area contributed by atoms with Crippen molar-refractivity contribution in [3.8, 4) is 0 Å². The van der Waals surface area contributed by atoms with E-state index in [9.17, 15) is 9.59 Å². The van der Waals surface area contributed by atoms with Crippen LogP contribution in [-0.2, 0) is 0 Å². The van der Waals surface area contributed by atoms with Gasteiger partial charge in [-0.15, -0.1) is 0 Å². The third kappa shape index (κ3) is 3.77. The molecule has 1 heterocycles. The Labute approximate surface area is 145 Å². The Balaban J connectivity index is 1.79. The van der Waals surface area contributed by atoms with Gasteiger partial charge in [0.15, 0.2) is 0 Å². The number of aryl methyl sites for hydroxylation is 2. The normalized spacial score (nSPS) is 10.3. The maximum absolute atomic E-state index is 12.4. The molecule has 0 saturated heterocycles. The highest BCUT2D eigenvalue weighted by Gasteiger charge is 2.14. The van der Waals surface area contributed by atoms with Gasteiger partial charge in [-0.05, 0) is 49.7 Å². The Morgan fingerprint density at radius 1 is 0.880 bits per heavy atom. The number of amides is 2. The first-order valence-corrected chi connectivity index (χ1v) is 7.87. The van der Waals surface area contributed by atoms with Gasteiger partial charge in [0, 0.05) is 16.9 Å². The monoisotopic (exact) mass is 334 g/mol. The highest BCUT2D eigenvalue weighted by atomic mass is 16.3. The molecule has 0 atom stereocenters. The molecule has 3 rings (SSSR count). The second kappa shape index (κ2) is 7.05. The molecule has 0 aliphatic carbocycles. The van der Waals surface area contributed by atoms with Crippen molar-refractivity contribution in [2.75, 3.05) is 10.6 Å². The highest BCUT2D eigenvalue weighted by molar-refractivity contribution is 6.08. The van der Waals surface area contributed by atoms with Crippen LogP contribution < -0.4 is 10.6 Å². The average molecular weight is 334 g/mol. The zero-order chi connectivity index (χ0) is 17.8. The fourth-order valence-corrected chi connectivity index (χ4v) is 2.43. The standard InChI is InChI=1S/C20H18N2O3/c1-13-8-9-15(19(23)21-16-6-4-3-5-7-16)12-18(13)22-20(24)17-10-11-25-14(17)2/h3-12H,1-2H3,(H,21,23)(H,22,24). The van der Waals surface area contributed by atoms with Gasteiger partial charge in [-0.1, -0.05) is 24.3 Å². The summed E-state index contributed by atoms with van der Waals surface area (Å²) in [6.07, 6.45) is 1.47. The summed E-state index contributed by atoms with van der Waals surface area (Å²) < 4.78 is 5.16. The molecule has 0 bridgehead atoms. The van der Waals surface area contributed by atoms with Gasteiger partial charge in [-0.2, -0.15) is 0 Å². The minimum absolute atomic E-state index is 0.235. The molecule has 2 N–H and O–H groups in total. The summed E-state index contributed by atoms with van der Waals surface area (Å²) in [7, 11) is 0. The van der Waals surface area contributed by atoms with Crippen molar-refractivity contribution in [2.24, 2.45) is 0 Å². The van der Waals surface area contributed by atoms with Gasteiger partial charge in [-0.3, -0.25) is 9.59 Å². The topological polar surface area (TPSA) is 71.3 Å². The Morgan fingerprint density at radius 3 is 2.32 bits per heavy atom. The first kappa shape index (κ1) is 16.5. The summed E-state index contributed by atoms with van der Waals surface area (Å²) in [6, 6.07) is 16.0. The van der Waals surface area contributed by atoms with E-state index < -0.39 is 0 Å². The fraction of sp³-hybridized carbons (Fsp3) is 0.100. The van der Waals surface area contributed by atoms with Crippen LogP contribution in [0.25, 0.3) is 0 Å². The molecule has 2 aromatic carbocycles. The highest BCUT2D eigenvalue weighted by Crippen LogP contribution is 2.20. The molecule has 0 fully saturated rings. The molecular weight excluding hydrogens is 316 g/mol. The SMILES string of the molecule is Cc1ccc(C(=O)Nc2ccccc2)cc1NC(=O)c1ccoc1C. The molecule has 3 aromatic rings. The molecule has 0 spiro atoms. The summed E-state index contributed by atoms with van der Waals surface area (Å²) in [5.41, 5.74) is 3.11. The molecule has 5 heteroatoms. The third-order valence-corrected chi connectivity index (χ3v) is 3.88. The van der Waals surface area contributed by atoms with Gasteiger partial charge in [0.2, 0.25) is 0 Å². The number of furan rings is 1. The number of carbonyl (C=O) groups excluding carboxylic acids is 2. The predicted molar refractivity (Wildman–Crippen MR) is 97.0 cm³/mol. The lowest BCUT2D eigenvalue weighted by atomic mass is 10.1. The van der Waals surface area contributed by atoms with Crippen LogP contribution in [0, 0.1) is 13.8 Å². The maximum Gasteiger partial charge on any atom is 0.259 e. The van der Waals surface area contributed by atoms with Crippen LogP contribution in [0.15, 0.2) is 65.3 Å². The lowest BCUT2D eigenvalue weighted by Crippen LogP contribution is -2.15. The first-order chi connectivity index (χ1) is 12.0. The minimum atomic E-state index is -0.269. The van der Waals surface area contributed by atoms with Crippen molar-refractivity contribution in [1.82, 2.24) is 0 Å². The lowest BCUT2D eigenvalue weighted by molar-refractivity contribution is 0.101. The number of anilines is 2. The van der Waals surface area contributed by atoms with Crippen LogP contribution >= 0.6 is 0 Å². The van der Waals surface area contributed by atoms with E-state index in [1.54, 1.807) is 31.2 Å². The van der Waals surface area contributed by atoms with Crippen molar-refractivity contribution in [3.63, 3.8) is 0 Å². The molecule has 0 saturated carbocycles. The molecule has 0 radical (unpaired) electrons. The molecule has 0 aliphatic heterocycles. The molecule has 2 amide bonds. The minimum Gasteiger partial charge on any atom is -0.469 e. The van der Waals surface area contributed by atoms with Crippen molar-refractivity contribution < 1.29 is 14.0 Å². The van der Waals surface area contributed by atoms with E-state index in [2.05, 4.69) is 10.6 Å². The molecular formula is C20H18N2O3. The molecule has 126 valence electrons. The molecule has 5 nitrogen and oxygen atoms in total. The fourth-order valence-electron chi connectivity index (χ4n) is 2.43. The van der Waals surface area contributed by atoms with Crippen molar-refractivity contribution >= 4 is 23.2 Å². The molecule has 25 heavy (non-hydrogen) atoms. The number of para-hydroxylation sites is 1. The second-order valence-electron chi connectivity index (χ2n) is 5.69. The predicted octanol–water partition coefficient (Wildman–Crippen LogP) is 4.40. The number of hydrogen-bond donors (Lipinski definition) is 2. The quantitative estimate of drug-likeness (QED) is 0.743. The van der Waals surface area contributed by atoms with Crippen molar-refractivity contribution in [1.29, 1.82) is 0 Å². The van der Waals surface area contributed by atoms with Gasteiger partial charge in [0.05, 0.1) is 11.8 Å². The maximum atomic E-state index is 12.4. The van der Waals surface area contributed by atoms with Crippen LogP contribution in [0.1, 0.15) is 32.0 Å². The molecule has 0 unspecified atom stereocenters. The van der Waals surface area contributed by atoms with Gasteiger partial charge >= 0.3 is 0 Å². The van der Waals surface area contributed by atoms with Crippen LogP contribution in [-0.4, -0.2) is 11.8 Å². The van der Waals surface area contributed by atoms with Gasteiger partial charge in [0.1, 0.15) is 5.76 Å². The van der Waals surface area contributed by atoms with E-state index in [4.69, 9.17) is 4.42 Å². The first-order valence-electron chi connectivity index (χ1n) is 7.87. The average Bonchev–Trinajstić information content (AvgIpc) is 3.04. The number of carbonyl (C=O) groups is 2.